The van der Waals surface area contributed by atoms with E-state index in [0.29, 0.717) is 5.88 Å². The van der Waals surface area contributed by atoms with Crippen molar-refractivity contribution < 1.29 is 0 Å². The molecule has 0 bridgehead atoms. The van der Waals surface area contributed by atoms with Gasteiger partial charge in [0.05, 0.1) is 0 Å². The van der Waals surface area contributed by atoms with E-state index in [1.807, 2.05) is 6.07 Å². The van der Waals surface area contributed by atoms with Crippen LogP contribution in [0.15, 0.2) is 42.5 Å². The van der Waals surface area contributed by atoms with Gasteiger partial charge in [0.15, 0.2) is 0 Å². The van der Waals surface area contributed by atoms with Gasteiger partial charge < -0.3 is 0 Å². The maximum Gasteiger partial charge on any atom is 0.0231 e. The summed E-state index contributed by atoms with van der Waals surface area (Å²) in [6, 6.07) is 10.6. The molecule has 0 nitrogen and oxygen atoms in total. The highest BCUT2D eigenvalue weighted by Gasteiger charge is 2.25. The van der Waals surface area contributed by atoms with Gasteiger partial charge in [-0.15, -0.1) is 18.2 Å². The molecule has 0 fully saturated rings. The molecule has 15 heavy (non-hydrogen) atoms. The molecule has 1 aromatic carbocycles. The molecule has 1 atom stereocenters. The number of hydrogen-bond acceptors (Lipinski definition) is 0. The maximum atomic E-state index is 5.89. The second kappa shape index (κ2) is 5.37. The molecule has 0 saturated carbocycles. The summed E-state index contributed by atoms with van der Waals surface area (Å²) >= 11 is 5.89. The van der Waals surface area contributed by atoms with Crippen molar-refractivity contribution in [3.8, 4) is 0 Å². The Balaban J connectivity index is 2.95. The number of benzene rings is 1. The van der Waals surface area contributed by atoms with E-state index in [9.17, 15) is 0 Å². The first kappa shape index (κ1) is 12.3. The highest BCUT2D eigenvalue weighted by atomic mass is 35.5. The summed E-state index contributed by atoms with van der Waals surface area (Å²) in [7, 11) is 0. The van der Waals surface area contributed by atoms with Crippen LogP contribution >= 0.6 is 11.6 Å². The van der Waals surface area contributed by atoms with Crippen molar-refractivity contribution in [2.45, 2.75) is 32.1 Å². The van der Waals surface area contributed by atoms with Gasteiger partial charge in [-0.3, -0.25) is 0 Å². The van der Waals surface area contributed by atoms with Crippen LogP contribution in [-0.4, -0.2) is 5.88 Å². The average Bonchev–Trinajstić information content (AvgIpc) is 2.18. The molecule has 0 saturated heterocycles. The Labute approximate surface area is 98.0 Å². The zero-order chi connectivity index (χ0) is 11.3. The van der Waals surface area contributed by atoms with Crippen molar-refractivity contribution in [2.75, 3.05) is 5.88 Å². The second-order valence-corrected chi connectivity index (χ2v) is 4.88. The van der Waals surface area contributed by atoms with E-state index in [1.54, 1.807) is 0 Å². The van der Waals surface area contributed by atoms with Gasteiger partial charge in [-0.05, 0) is 30.7 Å². The minimum absolute atomic E-state index is 0.134. The summed E-state index contributed by atoms with van der Waals surface area (Å²) in [5.41, 5.74) is 2.70. The standard InChI is InChI=1S/C14H19Cl/c1-12(2)11-14(3,9-10-15)13-7-5-4-6-8-13/h4-8H,1,9-11H2,2-3H3. The molecule has 1 aromatic rings. The van der Waals surface area contributed by atoms with Gasteiger partial charge in [0.25, 0.3) is 0 Å². The lowest BCUT2D eigenvalue weighted by atomic mass is 9.75. The van der Waals surface area contributed by atoms with Crippen LogP contribution in [0.5, 0.6) is 0 Å². The molecule has 0 aliphatic heterocycles. The molecule has 0 heterocycles. The number of allylic oxidation sites excluding steroid dienone is 1. The molecule has 0 aliphatic carbocycles. The molecule has 0 spiro atoms. The summed E-state index contributed by atoms with van der Waals surface area (Å²) in [4.78, 5) is 0. The summed E-state index contributed by atoms with van der Waals surface area (Å²) in [6.45, 7) is 8.35. The summed E-state index contributed by atoms with van der Waals surface area (Å²) in [5.74, 6) is 0.693. The molecule has 0 radical (unpaired) electrons. The monoisotopic (exact) mass is 222 g/mol. The fourth-order valence-electron chi connectivity index (χ4n) is 2.05. The van der Waals surface area contributed by atoms with Crippen LogP contribution in [0.2, 0.25) is 0 Å². The van der Waals surface area contributed by atoms with Gasteiger partial charge >= 0.3 is 0 Å². The Morgan fingerprint density at radius 2 is 1.93 bits per heavy atom. The van der Waals surface area contributed by atoms with Crippen LogP contribution in [0.1, 0.15) is 32.3 Å². The topological polar surface area (TPSA) is 0 Å². The molecule has 0 amide bonds. The van der Waals surface area contributed by atoms with Crippen molar-refractivity contribution in [3.63, 3.8) is 0 Å². The van der Waals surface area contributed by atoms with Crippen LogP contribution in [0, 0.1) is 0 Å². The Hall–Kier alpha value is -0.750. The molecular weight excluding hydrogens is 204 g/mol. The van der Waals surface area contributed by atoms with E-state index in [4.69, 9.17) is 11.6 Å². The number of rotatable bonds is 5. The third-order valence-electron chi connectivity index (χ3n) is 2.81. The van der Waals surface area contributed by atoms with Gasteiger partial charge in [-0.25, -0.2) is 0 Å². The summed E-state index contributed by atoms with van der Waals surface area (Å²) in [6.07, 6.45) is 2.00. The SMILES string of the molecule is C=C(C)CC(C)(CCCl)c1ccccc1. The zero-order valence-electron chi connectivity index (χ0n) is 9.59. The summed E-state index contributed by atoms with van der Waals surface area (Å²) in [5, 5.41) is 0. The van der Waals surface area contributed by atoms with E-state index in [2.05, 4.69) is 44.7 Å². The third-order valence-corrected chi connectivity index (χ3v) is 3.00. The van der Waals surface area contributed by atoms with Crippen LogP contribution in [0.3, 0.4) is 0 Å². The van der Waals surface area contributed by atoms with Crippen molar-refractivity contribution in [1.82, 2.24) is 0 Å². The first-order valence-corrected chi connectivity index (χ1v) is 5.88. The second-order valence-electron chi connectivity index (χ2n) is 4.50. The van der Waals surface area contributed by atoms with Crippen LogP contribution in [-0.2, 0) is 5.41 Å². The maximum absolute atomic E-state index is 5.89. The lowest BCUT2D eigenvalue weighted by molar-refractivity contribution is 0.453. The smallest absolute Gasteiger partial charge is 0.0231 e. The van der Waals surface area contributed by atoms with E-state index in [0.717, 1.165) is 12.8 Å². The van der Waals surface area contributed by atoms with E-state index in [1.165, 1.54) is 11.1 Å². The van der Waals surface area contributed by atoms with Gasteiger partial charge in [-0.2, -0.15) is 0 Å². The first-order chi connectivity index (χ1) is 7.08. The molecule has 1 unspecified atom stereocenters. The molecule has 82 valence electrons. The molecule has 1 heteroatoms. The van der Waals surface area contributed by atoms with Crippen molar-refractivity contribution in [3.05, 3.63) is 48.0 Å². The molecule has 1 rings (SSSR count). The van der Waals surface area contributed by atoms with Gasteiger partial charge in [-0.1, -0.05) is 42.8 Å². The zero-order valence-corrected chi connectivity index (χ0v) is 10.3. The Bertz CT molecular complexity index is 315. The molecule has 0 aromatic heterocycles. The summed E-state index contributed by atoms with van der Waals surface area (Å²) < 4.78 is 0. The van der Waals surface area contributed by atoms with Crippen molar-refractivity contribution in [1.29, 1.82) is 0 Å². The fourth-order valence-corrected chi connectivity index (χ4v) is 2.47. The van der Waals surface area contributed by atoms with Crippen molar-refractivity contribution >= 4 is 11.6 Å². The van der Waals surface area contributed by atoms with Crippen molar-refractivity contribution in [2.24, 2.45) is 0 Å². The number of halogens is 1. The lowest BCUT2D eigenvalue weighted by Crippen LogP contribution is -2.22. The highest BCUT2D eigenvalue weighted by Crippen LogP contribution is 2.33. The Morgan fingerprint density at radius 1 is 1.33 bits per heavy atom. The predicted octanol–water partition coefficient (Wildman–Crippen LogP) is 4.54. The van der Waals surface area contributed by atoms with Crippen LogP contribution in [0.4, 0.5) is 0 Å². The van der Waals surface area contributed by atoms with E-state index < -0.39 is 0 Å². The number of hydrogen-bond donors (Lipinski definition) is 0. The van der Waals surface area contributed by atoms with E-state index >= 15 is 0 Å². The van der Waals surface area contributed by atoms with Gasteiger partial charge in [0.1, 0.15) is 0 Å². The lowest BCUT2D eigenvalue weighted by Gasteiger charge is -2.30. The highest BCUT2D eigenvalue weighted by molar-refractivity contribution is 6.17. The van der Waals surface area contributed by atoms with Gasteiger partial charge in [0.2, 0.25) is 0 Å². The molecular formula is C14H19Cl. The average molecular weight is 223 g/mol. The normalized spacial score (nSPS) is 14.6. The predicted molar refractivity (Wildman–Crippen MR) is 68.6 cm³/mol. The Morgan fingerprint density at radius 3 is 2.40 bits per heavy atom. The van der Waals surface area contributed by atoms with Gasteiger partial charge in [0, 0.05) is 5.88 Å². The number of alkyl halides is 1. The minimum Gasteiger partial charge on any atom is -0.127 e. The fraction of sp³-hybridized carbons (Fsp3) is 0.429. The minimum atomic E-state index is 0.134. The van der Waals surface area contributed by atoms with Crippen LogP contribution in [0.25, 0.3) is 0 Å². The molecule has 0 aliphatic rings. The van der Waals surface area contributed by atoms with Crippen LogP contribution < -0.4 is 0 Å². The quantitative estimate of drug-likeness (QED) is 0.507. The first-order valence-electron chi connectivity index (χ1n) is 5.34. The Kier molecular flexibility index (Phi) is 4.41. The van der Waals surface area contributed by atoms with E-state index in [-0.39, 0.29) is 5.41 Å². The third kappa shape index (κ3) is 3.39. The largest absolute Gasteiger partial charge is 0.127 e. The molecule has 0 N–H and O–H groups in total.